The van der Waals surface area contributed by atoms with E-state index in [-0.39, 0.29) is 0 Å². The minimum atomic E-state index is 0.325. The van der Waals surface area contributed by atoms with Crippen molar-refractivity contribution >= 4 is 10.2 Å². The molecule has 14 heavy (non-hydrogen) atoms. The molecule has 0 aromatic carbocycles. The molecule has 1 aliphatic carbocycles. The Kier molecular flexibility index (Phi) is 3.03. The lowest BCUT2D eigenvalue weighted by atomic mass is 9.69. The predicted octanol–water partition coefficient (Wildman–Crippen LogP) is 2.22. The van der Waals surface area contributed by atoms with Crippen LogP contribution in [0, 0.1) is 5.41 Å². The van der Waals surface area contributed by atoms with Gasteiger partial charge in [0.15, 0.2) is 0 Å². The van der Waals surface area contributed by atoms with Crippen molar-refractivity contribution in [3.05, 3.63) is 0 Å². The van der Waals surface area contributed by atoms with Crippen molar-refractivity contribution in [1.29, 1.82) is 0 Å². The fourth-order valence-corrected chi connectivity index (χ4v) is 4.33. The van der Waals surface area contributed by atoms with Gasteiger partial charge < -0.3 is 4.74 Å². The van der Waals surface area contributed by atoms with Gasteiger partial charge in [0, 0.05) is 16.8 Å². The molecule has 1 saturated carbocycles. The average Bonchev–Trinajstić information content (AvgIpc) is 2.20. The Morgan fingerprint density at radius 2 is 1.57 bits per heavy atom. The molecule has 0 amide bonds. The van der Waals surface area contributed by atoms with E-state index in [4.69, 9.17) is 4.74 Å². The molecule has 1 nitrogen and oxygen atoms in total. The maximum absolute atomic E-state index is 6.17. The Hall–Kier alpha value is 0.177. The second kappa shape index (κ2) is 3.97. The van der Waals surface area contributed by atoms with E-state index in [9.17, 15) is 0 Å². The number of hydrogen-bond acceptors (Lipinski definition) is 1. The largest absolute Gasteiger partial charge is 0.379 e. The Morgan fingerprint density at radius 1 is 0.929 bits per heavy atom. The monoisotopic (exact) mass is 212 g/mol. The number of ether oxygens (including phenoxy) is 1. The third kappa shape index (κ3) is 1.79. The van der Waals surface area contributed by atoms with Crippen molar-refractivity contribution < 1.29 is 4.74 Å². The summed E-state index contributed by atoms with van der Waals surface area (Å²) in [6.07, 6.45) is 11.2. The highest BCUT2D eigenvalue weighted by molar-refractivity contribution is 6.15. The molecule has 0 aromatic rings. The zero-order valence-electron chi connectivity index (χ0n) is 9.77. The minimum Gasteiger partial charge on any atom is -0.379 e. The van der Waals surface area contributed by atoms with Gasteiger partial charge in [0.05, 0.1) is 5.22 Å². The molecule has 0 bridgehead atoms. The van der Waals surface area contributed by atoms with Crippen LogP contribution >= 0.6 is 0 Å². The molecule has 1 saturated heterocycles. The average molecular weight is 212 g/mol. The fraction of sp³-hybridized carbons (Fsp3) is 1.00. The molecule has 2 heteroatoms. The highest BCUT2D eigenvalue weighted by atomic mass is 28.1. The first kappa shape index (κ1) is 10.7. The summed E-state index contributed by atoms with van der Waals surface area (Å²) in [7, 11) is 1.22. The molecule has 82 valence electrons. The summed E-state index contributed by atoms with van der Waals surface area (Å²) in [4.78, 5) is 0. The highest BCUT2D eigenvalue weighted by Crippen LogP contribution is 2.48. The zero-order chi connectivity index (χ0) is 10.1. The van der Waals surface area contributed by atoms with E-state index in [1.165, 1.54) is 61.6 Å². The Morgan fingerprint density at radius 3 is 2.14 bits per heavy atom. The molecule has 0 spiro atoms. The quantitative estimate of drug-likeness (QED) is 0.606. The van der Waals surface area contributed by atoms with Crippen LogP contribution in [0.5, 0.6) is 0 Å². The first-order valence-electron chi connectivity index (χ1n) is 6.30. The van der Waals surface area contributed by atoms with Crippen LogP contribution < -0.4 is 0 Å². The van der Waals surface area contributed by atoms with Crippen molar-refractivity contribution in [3.63, 3.8) is 0 Å². The molecule has 0 N–H and O–H groups in total. The van der Waals surface area contributed by atoms with Gasteiger partial charge in [-0.05, 0) is 37.5 Å². The van der Waals surface area contributed by atoms with E-state index < -0.39 is 0 Å². The van der Waals surface area contributed by atoms with E-state index in [0.29, 0.717) is 10.6 Å². The zero-order valence-corrected chi connectivity index (χ0v) is 11.8. The van der Waals surface area contributed by atoms with E-state index in [0.717, 1.165) is 6.61 Å². The predicted molar refractivity (Wildman–Crippen MR) is 63.7 cm³/mol. The minimum absolute atomic E-state index is 0.325. The van der Waals surface area contributed by atoms with Gasteiger partial charge in [0.25, 0.3) is 0 Å². The standard InChI is InChI=1S/C12H24OSi/c1-11(7-3-2-4-8-11)12(14)9-5-6-10-13-12/h2-10H2,1,14H3. The maximum atomic E-state index is 6.17. The smallest absolute Gasteiger partial charge is 0.0537 e. The summed E-state index contributed by atoms with van der Waals surface area (Å²) in [6.45, 7) is 3.52. The molecular weight excluding hydrogens is 188 g/mol. The third-order valence-electron chi connectivity index (χ3n) is 4.70. The molecular formula is C12H24OSi. The third-order valence-corrected chi connectivity index (χ3v) is 6.70. The highest BCUT2D eigenvalue weighted by Gasteiger charge is 2.46. The van der Waals surface area contributed by atoms with Crippen LogP contribution in [0.1, 0.15) is 58.3 Å². The van der Waals surface area contributed by atoms with Crippen LogP contribution in [-0.2, 0) is 4.74 Å². The van der Waals surface area contributed by atoms with Crippen molar-refractivity contribution in [2.75, 3.05) is 6.61 Å². The van der Waals surface area contributed by atoms with Crippen molar-refractivity contribution in [2.24, 2.45) is 5.41 Å². The van der Waals surface area contributed by atoms with Crippen LogP contribution in [0.3, 0.4) is 0 Å². The van der Waals surface area contributed by atoms with Gasteiger partial charge >= 0.3 is 0 Å². The van der Waals surface area contributed by atoms with Gasteiger partial charge in [0.1, 0.15) is 0 Å². The molecule has 2 aliphatic rings. The van der Waals surface area contributed by atoms with Gasteiger partial charge in [-0.25, -0.2) is 0 Å². The summed E-state index contributed by atoms with van der Waals surface area (Å²) in [6, 6.07) is 0. The second-order valence-electron chi connectivity index (χ2n) is 5.66. The molecule has 1 heterocycles. The maximum Gasteiger partial charge on any atom is 0.0537 e. The molecule has 2 rings (SSSR count). The second-order valence-corrected chi connectivity index (χ2v) is 7.27. The van der Waals surface area contributed by atoms with Crippen LogP contribution in [0.15, 0.2) is 0 Å². The molecule has 1 aliphatic heterocycles. The van der Waals surface area contributed by atoms with Crippen molar-refractivity contribution in [1.82, 2.24) is 0 Å². The molecule has 0 radical (unpaired) electrons. The fourth-order valence-electron chi connectivity index (χ4n) is 3.27. The van der Waals surface area contributed by atoms with E-state index >= 15 is 0 Å². The Labute approximate surface area is 91.0 Å². The van der Waals surface area contributed by atoms with Crippen molar-refractivity contribution in [2.45, 2.75) is 63.5 Å². The molecule has 1 atom stereocenters. The Bertz CT molecular complexity index is 168. The van der Waals surface area contributed by atoms with Gasteiger partial charge in [0.2, 0.25) is 0 Å². The summed E-state index contributed by atoms with van der Waals surface area (Å²) < 4.78 is 6.17. The van der Waals surface area contributed by atoms with Gasteiger partial charge in [-0.1, -0.05) is 26.2 Å². The van der Waals surface area contributed by atoms with Crippen molar-refractivity contribution in [3.8, 4) is 0 Å². The van der Waals surface area contributed by atoms with Crippen LogP contribution in [-0.4, -0.2) is 22.1 Å². The van der Waals surface area contributed by atoms with Crippen LogP contribution in [0.25, 0.3) is 0 Å². The topological polar surface area (TPSA) is 9.23 Å². The van der Waals surface area contributed by atoms with Gasteiger partial charge in [-0.15, -0.1) is 0 Å². The van der Waals surface area contributed by atoms with Gasteiger partial charge in [-0.3, -0.25) is 0 Å². The van der Waals surface area contributed by atoms with Crippen LogP contribution in [0.4, 0.5) is 0 Å². The van der Waals surface area contributed by atoms with Gasteiger partial charge in [-0.2, -0.15) is 0 Å². The van der Waals surface area contributed by atoms with E-state index in [2.05, 4.69) is 6.92 Å². The molecule has 0 aromatic heterocycles. The molecule has 2 fully saturated rings. The SMILES string of the molecule is CC1(C2([SiH3])CCCCO2)CCCCC1. The van der Waals surface area contributed by atoms with Crippen LogP contribution in [0.2, 0.25) is 0 Å². The summed E-state index contributed by atoms with van der Waals surface area (Å²) in [5.41, 5.74) is 0.526. The van der Waals surface area contributed by atoms with E-state index in [1.807, 2.05) is 0 Å². The number of hydrogen-bond donors (Lipinski definition) is 0. The lowest BCUT2D eigenvalue weighted by Gasteiger charge is -2.50. The summed E-state index contributed by atoms with van der Waals surface area (Å²) >= 11 is 0. The van der Waals surface area contributed by atoms with E-state index in [1.54, 1.807) is 0 Å². The lowest BCUT2D eigenvalue weighted by molar-refractivity contribution is -0.109. The first-order chi connectivity index (χ1) is 6.66. The molecule has 1 unspecified atom stereocenters. The number of rotatable bonds is 1. The Balaban J connectivity index is 2.09. The normalized spacial score (nSPS) is 38.4. The summed E-state index contributed by atoms with van der Waals surface area (Å²) in [5, 5.41) is 0.325. The lowest BCUT2D eigenvalue weighted by Crippen LogP contribution is -2.52. The first-order valence-corrected chi connectivity index (χ1v) is 7.30. The summed E-state index contributed by atoms with van der Waals surface area (Å²) in [5.74, 6) is 0.